The smallest absolute Gasteiger partial charge is 0.255 e. The van der Waals surface area contributed by atoms with Gasteiger partial charge in [0.2, 0.25) is 3.79 Å². The molecule has 1 aliphatic carbocycles. The average molecular weight is 273 g/mol. The molecule has 86 valence electrons. The van der Waals surface area contributed by atoms with Crippen molar-refractivity contribution >= 4 is 40.7 Å². The number of carbonyl (C=O) groups excluding carboxylic acids is 1. The van der Waals surface area contributed by atoms with Crippen molar-refractivity contribution in [2.75, 3.05) is 0 Å². The van der Waals surface area contributed by atoms with Gasteiger partial charge < -0.3 is 10.1 Å². The molecule has 1 aliphatic heterocycles. The number of ether oxygens (including phenoxy) is 1. The Hall–Kier alpha value is 0.300. The first-order valence-electron chi connectivity index (χ1n) is 5.00. The van der Waals surface area contributed by atoms with Crippen LogP contribution in [-0.2, 0) is 9.53 Å². The Balaban J connectivity index is 2.12. The van der Waals surface area contributed by atoms with E-state index in [4.69, 9.17) is 39.5 Å². The van der Waals surface area contributed by atoms with Crippen LogP contribution in [0, 0.1) is 0 Å². The highest BCUT2D eigenvalue weighted by molar-refractivity contribution is 6.68. The van der Waals surface area contributed by atoms with Gasteiger partial charge in [0.25, 0.3) is 5.91 Å². The van der Waals surface area contributed by atoms with E-state index in [1.807, 2.05) is 0 Å². The van der Waals surface area contributed by atoms with E-state index in [0.717, 1.165) is 25.7 Å². The van der Waals surface area contributed by atoms with E-state index in [1.165, 1.54) is 6.42 Å². The molecule has 0 radical (unpaired) electrons. The predicted molar refractivity (Wildman–Crippen MR) is 59.1 cm³/mol. The molecule has 1 N–H and O–H groups in total. The van der Waals surface area contributed by atoms with Gasteiger partial charge in [-0.25, -0.2) is 0 Å². The highest BCUT2D eigenvalue weighted by Gasteiger charge is 2.53. The zero-order valence-electron chi connectivity index (χ0n) is 8.06. The van der Waals surface area contributed by atoms with Crippen LogP contribution in [0.3, 0.4) is 0 Å². The lowest BCUT2D eigenvalue weighted by Crippen LogP contribution is -2.44. The van der Waals surface area contributed by atoms with E-state index < -0.39 is 15.6 Å². The summed E-state index contributed by atoms with van der Waals surface area (Å²) in [6, 6.07) is 0. The first-order valence-corrected chi connectivity index (χ1v) is 6.13. The second kappa shape index (κ2) is 3.95. The van der Waals surface area contributed by atoms with Gasteiger partial charge in [-0.1, -0.05) is 41.2 Å². The van der Waals surface area contributed by atoms with Crippen LogP contribution in [0.15, 0.2) is 0 Å². The molecule has 15 heavy (non-hydrogen) atoms. The van der Waals surface area contributed by atoms with E-state index >= 15 is 0 Å². The lowest BCUT2D eigenvalue weighted by atomic mass is 9.92. The molecular weight excluding hydrogens is 260 g/mol. The van der Waals surface area contributed by atoms with Crippen molar-refractivity contribution in [2.45, 2.75) is 47.7 Å². The van der Waals surface area contributed by atoms with Gasteiger partial charge in [0.15, 0.2) is 6.10 Å². The first kappa shape index (κ1) is 11.8. The number of hydrogen-bond donors (Lipinski definition) is 1. The highest BCUT2D eigenvalue weighted by Crippen LogP contribution is 2.41. The number of alkyl halides is 3. The maximum Gasteiger partial charge on any atom is 0.255 e. The van der Waals surface area contributed by atoms with Crippen molar-refractivity contribution in [1.29, 1.82) is 0 Å². The van der Waals surface area contributed by atoms with Crippen LogP contribution in [0.4, 0.5) is 0 Å². The minimum atomic E-state index is -1.69. The minimum absolute atomic E-state index is 0.322. The molecule has 2 rings (SSSR count). The number of carbonyl (C=O) groups is 1. The van der Waals surface area contributed by atoms with E-state index in [2.05, 4.69) is 5.32 Å². The van der Waals surface area contributed by atoms with Gasteiger partial charge in [0.1, 0.15) is 5.72 Å². The van der Waals surface area contributed by atoms with Crippen LogP contribution in [0.2, 0.25) is 0 Å². The van der Waals surface area contributed by atoms with E-state index in [0.29, 0.717) is 0 Å². The minimum Gasteiger partial charge on any atom is -0.338 e. The summed E-state index contributed by atoms with van der Waals surface area (Å²) in [5.74, 6) is -0.322. The molecule has 6 heteroatoms. The van der Waals surface area contributed by atoms with Crippen molar-refractivity contribution in [3.8, 4) is 0 Å². The monoisotopic (exact) mass is 271 g/mol. The molecule has 0 unspecified atom stereocenters. The third-order valence-electron chi connectivity index (χ3n) is 2.89. The number of nitrogens with one attached hydrogen (secondary N) is 1. The van der Waals surface area contributed by atoms with Crippen molar-refractivity contribution < 1.29 is 9.53 Å². The maximum atomic E-state index is 11.6. The fraction of sp³-hybridized carbons (Fsp3) is 0.889. The number of halogens is 3. The van der Waals surface area contributed by atoms with E-state index in [1.54, 1.807) is 0 Å². The molecule has 0 aromatic heterocycles. The van der Waals surface area contributed by atoms with E-state index in [9.17, 15) is 4.79 Å². The molecule has 1 atom stereocenters. The van der Waals surface area contributed by atoms with Gasteiger partial charge in [-0.2, -0.15) is 0 Å². The number of amides is 1. The third kappa shape index (κ3) is 2.36. The molecular formula is C9H12Cl3NO2. The Morgan fingerprint density at radius 1 is 1.27 bits per heavy atom. The Morgan fingerprint density at radius 2 is 1.87 bits per heavy atom. The SMILES string of the molecule is O=C1NC2(CCCCC2)O[C@H]1C(Cl)(Cl)Cl. The molecule has 1 amide bonds. The van der Waals surface area contributed by atoms with Crippen LogP contribution < -0.4 is 5.32 Å². The zero-order chi connectivity index (χ0) is 11.1. The standard InChI is InChI=1S/C9H12Cl3NO2/c10-9(11,12)6-7(14)13-8(15-6)4-2-1-3-5-8/h6H,1-5H2,(H,13,14)/t6-/m1/s1. The van der Waals surface area contributed by atoms with Gasteiger partial charge in [0.05, 0.1) is 0 Å². The van der Waals surface area contributed by atoms with Crippen molar-refractivity contribution in [3.05, 3.63) is 0 Å². The molecule has 3 nitrogen and oxygen atoms in total. The molecule has 1 spiro atoms. The summed E-state index contributed by atoms with van der Waals surface area (Å²) in [6.45, 7) is 0. The van der Waals surface area contributed by atoms with Crippen molar-refractivity contribution in [1.82, 2.24) is 5.32 Å². The Labute approximate surface area is 103 Å². The van der Waals surface area contributed by atoms with Gasteiger partial charge in [-0.3, -0.25) is 4.79 Å². The summed E-state index contributed by atoms with van der Waals surface area (Å²) in [5.41, 5.74) is -0.579. The molecule has 1 heterocycles. The largest absolute Gasteiger partial charge is 0.338 e. The second-order valence-electron chi connectivity index (χ2n) is 4.08. The zero-order valence-corrected chi connectivity index (χ0v) is 10.3. The third-order valence-corrected chi connectivity index (χ3v) is 3.49. The Morgan fingerprint density at radius 3 is 2.33 bits per heavy atom. The van der Waals surface area contributed by atoms with Gasteiger partial charge in [-0.15, -0.1) is 0 Å². The van der Waals surface area contributed by atoms with Gasteiger partial charge >= 0.3 is 0 Å². The molecule has 1 saturated carbocycles. The Bertz CT molecular complexity index is 271. The Kier molecular flexibility index (Phi) is 3.10. The van der Waals surface area contributed by atoms with Crippen molar-refractivity contribution in [3.63, 3.8) is 0 Å². The van der Waals surface area contributed by atoms with Gasteiger partial charge in [0, 0.05) is 0 Å². The fourth-order valence-corrected chi connectivity index (χ4v) is 2.61. The lowest BCUT2D eigenvalue weighted by molar-refractivity contribution is -0.124. The molecule has 0 aromatic rings. The highest BCUT2D eigenvalue weighted by atomic mass is 35.6. The molecule has 0 aromatic carbocycles. The van der Waals surface area contributed by atoms with Crippen LogP contribution >= 0.6 is 34.8 Å². The normalized spacial score (nSPS) is 30.6. The maximum absolute atomic E-state index is 11.6. The summed E-state index contributed by atoms with van der Waals surface area (Å²) in [6.07, 6.45) is 3.85. The number of rotatable bonds is 0. The summed E-state index contributed by atoms with van der Waals surface area (Å²) in [4.78, 5) is 11.6. The number of hydrogen-bond acceptors (Lipinski definition) is 2. The van der Waals surface area contributed by atoms with Gasteiger partial charge in [-0.05, 0) is 25.7 Å². The van der Waals surface area contributed by atoms with E-state index in [-0.39, 0.29) is 5.91 Å². The van der Waals surface area contributed by atoms with Crippen LogP contribution in [0.25, 0.3) is 0 Å². The van der Waals surface area contributed by atoms with Crippen molar-refractivity contribution in [2.24, 2.45) is 0 Å². The lowest BCUT2D eigenvalue weighted by Gasteiger charge is -2.32. The second-order valence-corrected chi connectivity index (χ2v) is 6.45. The molecule has 2 aliphatic rings. The molecule has 2 fully saturated rings. The molecule has 1 saturated heterocycles. The summed E-state index contributed by atoms with van der Waals surface area (Å²) in [5, 5.41) is 2.81. The van der Waals surface area contributed by atoms with Crippen LogP contribution in [0.1, 0.15) is 32.1 Å². The fourth-order valence-electron chi connectivity index (χ4n) is 2.18. The summed E-state index contributed by atoms with van der Waals surface area (Å²) in [7, 11) is 0. The van der Waals surface area contributed by atoms with Crippen LogP contribution in [0.5, 0.6) is 0 Å². The summed E-state index contributed by atoms with van der Waals surface area (Å²) < 4.78 is 3.92. The molecule has 0 bridgehead atoms. The van der Waals surface area contributed by atoms with Crippen LogP contribution in [-0.4, -0.2) is 21.5 Å². The first-order chi connectivity index (χ1) is 6.93. The predicted octanol–water partition coefficient (Wildman–Crippen LogP) is 2.53. The average Bonchev–Trinajstić information content (AvgIpc) is 2.44. The topological polar surface area (TPSA) is 38.3 Å². The quantitative estimate of drug-likeness (QED) is 0.688. The summed E-state index contributed by atoms with van der Waals surface area (Å²) >= 11 is 17.0.